The van der Waals surface area contributed by atoms with E-state index in [0.717, 1.165) is 50.3 Å². The van der Waals surface area contributed by atoms with Crippen LogP contribution in [0.1, 0.15) is 52.4 Å². The summed E-state index contributed by atoms with van der Waals surface area (Å²) in [4.78, 5) is 22.4. The third-order valence-corrected chi connectivity index (χ3v) is 6.66. The van der Waals surface area contributed by atoms with E-state index in [4.69, 9.17) is 4.74 Å². The second kappa shape index (κ2) is 9.71. The molecule has 2 aliphatic rings. The van der Waals surface area contributed by atoms with E-state index in [1.165, 1.54) is 17.3 Å². The van der Waals surface area contributed by atoms with Crippen LogP contribution in [0.2, 0.25) is 0 Å². The van der Waals surface area contributed by atoms with E-state index in [1.807, 2.05) is 29.4 Å². The summed E-state index contributed by atoms with van der Waals surface area (Å²) in [6, 6.07) is 12.3. The first-order valence-corrected chi connectivity index (χ1v) is 12.0. The van der Waals surface area contributed by atoms with Crippen LogP contribution in [-0.2, 0) is 6.54 Å². The van der Waals surface area contributed by atoms with E-state index in [9.17, 15) is 10.1 Å². The van der Waals surface area contributed by atoms with Crippen LogP contribution >= 0.6 is 11.8 Å². The van der Waals surface area contributed by atoms with Gasteiger partial charge in [-0.15, -0.1) is 11.8 Å². The van der Waals surface area contributed by atoms with Crippen LogP contribution in [-0.4, -0.2) is 60.2 Å². The quantitative estimate of drug-likeness (QED) is 0.640. The number of hydrogen-bond acceptors (Lipinski definition) is 6. The van der Waals surface area contributed by atoms with Crippen LogP contribution in [0.4, 0.5) is 0 Å². The number of pyridine rings is 1. The molecule has 0 radical (unpaired) electrons. The van der Waals surface area contributed by atoms with Crippen LogP contribution in [0.25, 0.3) is 0 Å². The summed E-state index contributed by atoms with van der Waals surface area (Å²) in [7, 11) is 1.67. The van der Waals surface area contributed by atoms with Crippen LogP contribution in [0.3, 0.4) is 0 Å². The minimum atomic E-state index is -0.0394. The zero-order valence-electron chi connectivity index (χ0n) is 18.1. The Morgan fingerprint density at radius 3 is 2.65 bits per heavy atom. The van der Waals surface area contributed by atoms with E-state index in [-0.39, 0.29) is 5.91 Å². The molecule has 0 spiro atoms. The number of ether oxygens (including phenoxy) is 1. The third kappa shape index (κ3) is 5.03. The molecule has 1 saturated carbocycles. The number of benzene rings is 1. The number of carbonyl (C=O) groups is 1. The SMILES string of the molecule is COc1ccc(CN2CCCN(C(=O)c3cc(C4CC4)nc(SC)c3C#N)CC2)cc1. The molecular formula is C24H28N4O2S. The molecule has 1 saturated heterocycles. The minimum absolute atomic E-state index is 0.0394. The summed E-state index contributed by atoms with van der Waals surface area (Å²) < 4.78 is 5.24. The molecule has 0 N–H and O–H groups in total. The maximum absolute atomic E-state index is 13.4. The molecule has 2 heterocycles. The first kappa shape index (κ1) is 21.7. The summed E-state index contributed by atoms with van der Waals surface area (Å²) in [5, 5.41) is 10.4. The Kier molecular flexibility index (Phi) is 6.79. The molecule has 162 valence electrons. The van der Waals surface area contributed by atoms with Crippen LogP contribution in [0.15, 0.2) is 35.4 Å². The number of rotatable bonds is 6. The predicted octanol–water partition coefficient (Wildman–Crippen LogP) is 3.91. The Labute approximate surface area is 188 Å². The number of nitrogens with zero attached hydrogens (tertiary/aromatic N) is 4. The van der Waals surface area contributed by atoms with Gasteiger partial charge in [-0.25, -0.2) is 4.98 Å². The second-order valence-electron chi connectivity index (χ2n) is 8.14. The lowest BCUT2D eigenvalue weighted by Gasteiger charge is -2.23. The predicted molar refractivity (Wildman–Crippen MR) is 121 cm³/mol. The fraction of sp³-hybridized carbons (Fsp3) is 0.458. The van der Waals surface area contributed by atoms with Crippen molar-refractivity contribution >= 4 is 17.7 Å². The smallest absolute Gasteiger partial charge is 0.255 e. The van der Waals surface area contributed by atoms with E-state index < -0.39 is 0 Å². The maximum atomic E-state index is 13.4. The molecule has 0 bridgehead atoms. The highest BCUT2D eigenvalue weighted by Crippen LogP contribution is 2.40. The van der Waals surface area contributed by atoms with E-state index in [1.54, 1.807) is 7.11 Å². The topological polar surface area (TPSA) is 69.5 Å². The molecule has 1 amide bonds. The fourth-order valence-corrected chi connectivity index (χ4v) is 4.60. The number of amides is 1. The molecular weight excluding hydrogens is 408 g/mol. The number of carbonyl (C=O) groups excluding carboxylic acids is 1. The van der Waals surface area contributed by atoms with Crippen molar-refractivity contribution in [3.05, 3.63) is 52.7 Å². The van der Waals surface area contributed by atoms with Gasteiger partial charge in [0.1, 0.15) is 16.8 Å². The van der Waals surface area contributed by atoms with Crippen LogP contribution in [0, 0.1) is 11.3 Å². The molecule has 6 nitrogen and oxygen atoms in total. The van der Waals surface area contributed by atoms with Gasteiger partial charge < -0.3 is 9.64 Å². The Morgan fingerprint density at radius 1 is 1.23 bits per heavy atom. The summed E-state index contributed by atoms with van der Waals surface area (Å²) in [5.74, 6) is 1.26. The molecule has 0 unspecified atom stereocenters. The lowest BCUT2D eigenvalue weighted by molar-refractivity contribution is 0.0760. The van der Waals surface area contributed by atoms with Crippen molar-refractivity contribution in [2.24, 2.45) is 0 Å². The van der Waals surface area contributed by atoms with E-state index >= 15 is 0 Å². The lowest BCUT2D eigenvalue weighted by atomic mass is 10.1. The number of hydrogen-bond donors (Lipinski definition) is 0. The van der Waals surface area contributed by atoms with Crippen molar-refractivity contribution in [2.45, 2.75) is 36.8 Å². The van der Waals surface area contributed by atoms with Gasteiger partial charge >= 0.3 is 0 Å². The zero-order valence-corrected chi connectivity index (χ0v) is 19.0. The Bertz CT molecular complexity index is 982. The molecule has 2 aromatic rings. The monoisotopic (exact) mass is 436 g/mol. The van der Waals surface area contributed by atoms with E-state index in [0.29, 0.717) is 35.2 Å². The van der Waals surface area contributed by atoms with Gasteiger partial charge in [0, 0.05) is 44.3 Å². The minimum Gasteiger partial charge on any atom is -0.497 e. The average Bonchev–Trinajstić information content (AvgIpc) is 3.66. The summed E-state index contributed by atoms with van der Waals surface area (Å²) in [6.45, 7) is 3.98. The van der Waals surface area contributed by atoms with Crippen molar-refractivity contribution in [2.75, 3.05) is 39.5 Å². The highest BCUT2D eigenvalue weighted by atomic mass is 32.2. The van der Waals surface area contributed by atoms with Crippen LogP contribution in [0.5, 0.6) is 5.75 Å². The van der Waals surface area contributed by atoms with Gasteiger partial charge in [-0.3, -0.25) is 9.69 Å². The highest BCUT2D eigenvalue weighted by molar-refractivity contribution is 7.98. The Hall–Kier alpha value is -2.56. The molecule has 0 atom stereocenters. The third-order valence-electron chi connectivity index (χ3n) is 5.98. The first-order chi connectivity index (χ1) is 15.1. The number of methoxy groups -OCH3 is 1. The fourth-order valence-electron chi connectivity index (χ4n) is 4.04. The van der Waals surface area contributed by atoms with Gasteiger partial charge in [0.25, 0.3) is 5.91 Å². The van der Waals surface area contributed by atoms with E-state index in [2.05, 4.69) is 28.1 Å². The summed E-state index contributed by atoms with van der Waals surface area (Å²) in [5.41, 5.74) is 3.14. The van der Waals surface area contributed by atoms with Gasteiger partial charge in [0.15, 0.2) is 0 Å². The van der Waals surface area contributed by atoms with Gasteiger partial charge in [-0.2, -0.15) is 5.26 Å². The zero-order chi connectivity index (χ0) is 21.8. The maximum Gasteiger partial charge on any atom is 0.255 e. The molecule has 4 rings (SSSR count). The highest BCUT2D eigenvalue weighted by Gasteiger charge is 2.30. The van der Waals surface area contributed by atoms with Gasteiger partial charge in [0.05, 0.1) is 18.2 Å². The van der Waals surface area contributed by atoms with Crippen molar-refractivity contribution < 1.29 is 9.53 Å². The Balaban J connectivity index is 1.47. The van der Waals surface area contributed by atoms with Gasteiger partial charge in [-0.1, -0.05) is 12.1 Å². The van der Waals surface area contributed by atoms with Crippen LogP contribution < -0.4 is 4.74 Å². The molecule has 1 aliphatic carbocycles. The molecule has 2 fully saturated rings. The number of aromatic nitrogens is 1. The molecule has 1 aromatic carbocycles. The Morgan fingerprint density at radius 2 is 2.00 bits per heavy atom. The number of nitriles is 1. The second-order valence-corrected chi connectivity index (χ2v) is 8.93. The molecule has 7 heteroatoms. The van der Waals surface area contributed by atoms with Crippen molar-refractivity contribution in [3.8, 4) is 11.8 Å². The summed E-state index contributed by atoms with van der Waals surface area (Å²) >= 11 is 1.44. The van der Waals surface area contributed by atoms with Gasteiger partial charge in [-0.05, 0) is 49.3 Å². The average molecular weight is 437 g/mol. The molecule has 1 aliphatic heterocycles. The normalized spacial score (nSPS) is 17.1. The summed E-state index contributed by atoms with van der Waals surface area (Å²) in [6.07, 6.45) is 5.06. The van der Waals surface area contributed by atoms with Crippen molar-refractivity contribution in [3.63, 3.8) is 0 Å². The first-order valence-electron chi connectivity index (χ1n) is 10.8. The molecule has 31 heavy (non-hydrogen) atoms. The van der Waals surface area contributed by atoms with Gasteiger partial charge in [0.2, 0.25) is 0 Å². The van der Waals surface area contributed by atoms with Crippen molar-refractivity contribution in [1.82, 2.24) is 14.8 Å². The van der Waals surface area contributed by atoms with Crippen molar-refractivity contribution in [1.29, 1.82) is 5.26 Å². The standard InChI is InChI=1S/C24H28N4O2S/c1-30-19-8-4-17(5-9-19)16-27-10-3-11-28(13-12-27)24(29)20-14-22(18-6-7-18)26-23(31-2)21(20)15-25/h4-5,8-9,14,18H,3,6-7,10-13,16H2,1-2H3. The molecule has 1 aromatic heterocycles. The lowest BCUT2D eigenvalue weighted by Crippen LogP contribution is -2.35. The largest absolute Gasteiger partial charge is 0.497 e. The number of thioether (sulfide) groups is 1.